The van der Waals surface area contributed by atoms with Crippen LogP contribution in [0.25, 0.3) is 0 Å². The van der Waals surface area contributed by atoms with Crippen molar-refractivity contribution in [1.29, 1.82) is 0 Å². The lowest BCUT2D eigenvalue weighted by Gasteiger charge is -2.20. The number of amides is 3. The Morgan fingerprint density at radius 3 is 2.38 bits per heavy atom. The third-order valence-corrected chi connectivity index (χ3v) is 2.72. The zero-order valence-electron chi connectivity index (χ0n) is 14.3. The minimum Gasteiger partial charge on any atom is -0.493 e. The number of rotatable bonds is 7. The molecule has 0 saturated carbocycles. The maximum Gasteiger partial charge on any atom is 0.255 e. The number of nitrogens with two attached hydrogens (primary N) is 1. The number of carbonyl (C=O) groups is 3. The number of ether oxygens (including phenoxy) is 2. The fourth-order valence-electron chi connectivity index (χ4n) is 1.80. The topological polar surface area (TPSA) is 120 Å². The highest BCUT2D eigenvalue weighted by atomic mass is 16.5. The second-order valence-electron chi connectivity index (χ2n) is 6.10. The largest absolute Gasteiger partial charge is 0.493 e. The molecule has 3 amide bonds. The van der Waals surface area contributed by atoms with Crippen LogP contribution in [0.3, 0.4) is 0 Å². The van der Waals surface area contributed by atoms with E-state index in [9.17, 15) is 14.4 Å². The quantitative estimate of drug-likeness (QED) is 0.657. The summed E-state index contributed by atoms with van der Waals surface area (Å²) in [6, 6.07) is 4.44. The van der Waals surface area contributed by atoms with Gasteiger partial charge in [-0.2, -0.15) is 0 Å². The molecule has 1 aromatic carbocycles. The molecule has 0 bridgehead atoms. The molecule has 0 fully saturated rings. The Labute approximate surface area is 140 Å². The smallest absolute Gasteiger partial charge is 0.255 e. The van der Waals surface area contributed by atoms with Crippen LogP contribution < -0.4 is 25.8 Å². The van der Waals surface area contributed by atoms with Crippen LogP contribution in [0.4, 0.5) is 0 Å². The first-order chi connectivity index (χ1) is 11.1. The van der Waals surface area contributed by atoms with Gasteiger partial charge in [0.25, 0.3) is 11.8 Å². The fourth-order valence-corrected chi connectivity index (χ4v) is 1.80. The van der Waals surface area contributed by atoms with Crippen LogP contribution in [0, 0.1) is 0 Å². The molecule has 0 spiro atoms. The van der Waals surface area contributed by atoms with Crippen molar-refractivity contribution in [3.8, 4) is 11.5 Å². The number of benzene rings is 1. The number of hydrogen-bond donors (Lipinski definition) is 3. The molecule has 0 aliphatic carbocycles. The molecule has 0 aliphatic rings. The Balaban J connectivity index is 2.71. The van der Waals surface area contributed by atoms with E-state index < -0.39 is 11.8 Å². The van der Waals surface area contributed by atoms with E-state index in [1.165, 1.54) is 25.3 Å². The van der Waals surface area contributed by atoms with E-state index in [1.54, 1.807) is 0 Å². The number of hydrogen-bond acceptors (Lipinski definition) is 5. The molecule has 1 rings (SSSR count). The molecule has 0 radical (unpaired) electrons. The van der Waals surface area contributed by atoms with Crippen molar-refractivity contribution in [2.45, 2.75) is 26.3 Å². The molecular weight excluding hydrogens is 314 g/mol. The SMILES string of the molecule is COc1cc(C(=O)NCC(=O)NC(C)(C)C)ccc1OCC(N)=O. The number of nitrogens with one attached hydrogen (secondary N) is 2. The highest BCUT2D eigenvalue weighted by Gasteiger charge is 2.16. The van der Waals surface area contributed by atoms with Crippen LogP contribution in [0.2, 0.25) is 0 Å². The molecule has 8 nitrogen and oxygen atoms in total. The van der Waals surface area contributed by atoms with Crippen LogP contribution in [0.1, 0.15) is 31.1 Å². The highest BCUT2D eigenvalue weighted by molar-refractivity contribution is 5.97. The molecule has 4 N–H and O–H groups in total. The fraction of sp³-hybridized carbons (Fsp3) is 0.438. The predicted molar refractivity (Wildman–Crippen MR) is 87.9 cm³/mol. The highest BCUT2D eigenvalue weighted by Crippen LogP contribution is 2.27. The number of carbonyl (C=O) groups excluding carboxylic acids is 3. The normalized spacial score (nSPS) is 10.7. The lowest BCUT2D eigenvalue weighted by atomic mass is 10.1. The molecule has 1 aromatic rings. The summed E-state index contributed by atoms with van der Waals surface area (Å²) < 4.78 is 10.3. The molecule has 8 heteroatoms. The van der Waals surface area contributed by atoms with Crippen LogP contribution in [0.15, 0.2) is 18.2 Å². The molecule has 0 saturated heterocycles. The molecule has 0 unspecified atom stereocenters. The summed E-state index contributed by atoms with van der Waals surface area (Å²) in [5.74, 6) is -0.770. The van der Waals surface area contributed by atoms with Gasteiger partial charge in [0, 0.05) is 11.1 Å². The Morgan fingerprint density at radius 2 is 1.83 bits per heavy atom. The summed E-state index contributed by atoms with van der Waals surface area (Å²) in [5, 5.41) is 5.26. The van der Waals surface area contributed by atoms with Gasteiger partial charge in [0.15, 0.2) is 18.1 Å². The van der Waals surface area contributed by atoms with E-state index in [-0.39, 0.29) is 30.3 Å². The van der Waals surface area contributed by atoms with E-state index >= 15 is 0 Å². The van der Waals surface area contributed by atoms with Crippen molar-refractivity contribution in [3.05, 3.63) is 23.8 Å². The summed E-state index contributed by atoms with van der Waals surface area (Å²) in [5.41, 5.74) is 4.94. The average molecular weight is 337 g/mol. The Morgan fingerprint density at radius 1 is 1.17 bits per heavy atom. The van der Waals surface area contributed by atoms with Crippen molar-refractivity contribution in [2.75, 3.05) is 20.3 Å². The molecular formula is C16H23N3O5. The van der Waals surface area contributed by atoms with Crippen molar-refractivity contribution >= 4 is 17.7 Å². The first-order valence-corrected chi connectivity index (χ1v) is 7.30. The third-order valence-electron chi connectivity index (χ3n) is 2.72. The van der Waals surface area contributed by atoms with Crippen molar-refractivity contribution in [1.82, 2.24) is 10.6 Å². The van der Waals surface area contributed by atoms with Crippen molar-refractivity contribution in [3.63, 3.8) is 0 Å². The second kappa shape index (κ2) is 8.19. The standard InChI is InChI=1S/C16H23N3O5/c1-16(2,3)19-14(21)8-18-15(22)10-5-6-11(12(7-10)23-4)24-9-13(17)20/h5-7H,8-9H2,1-4H3,(H2,17,20)(H,18,22)(H,19,21). The van der Waals surface area contributed by atoms with Crippen molar-refractivity contribution < 1.29 is 23.9 Å². The Bertz CT molecular complexity index is 623. The zero-order valence-corrected chi connectivity index (χ0v) is 14.3. The van der Waals surface area contributed by atoms with Gasteiger partial charge < -0.3 is 25.8 Å². The van der Waals surface area contributed by atoms with E-state index in [0.717, 1.165) is 0 Å². The summed E-state index contributed by atoms with van der Waals surface area (Å²) in [4.78, 5) is 34.6. The molecule has 0 aliphatic heterocycles. The summed E-state index contributed by atoms with van der Waals surface area (Å²) in [6.07, 6.45) is 0. The first-order valence-electron chi connectivity index (χ1n) is 7.30. The van der Waals surface area contributed by atoms with Gasteiger partial charge in [-0.1, -0.05) is 0 Å². The number of primary amides is 1. The molecule has 132 valence electrons. The number of methoxy groups -OCH3 is 1. The Hall–Kier alpha value is -2.77. The maximum atomic E-state index is 12.1. The lowest BCUT2D eigenvalue weighted by molar-refractivity contribution is -0.121. The molecule has 0 heterocycles. The zero-order chi connectivity index (χ0) is 18.3. The lowest BCUT2D eigenvalue weighted by Crippen LogP contribution is -2.45. The van der Waals surface area contributed by atoms with Gasteiger partial charge >= 0.3 is 0 Å². The average Bonchev–Trinajstić information content (AvgIpc) is 2.48. The van der Waals surface area contributed by atoms with Crippen LogP contribution in [-0.4, -0.2) is 43.5 Å². The van der Waals surface area contributed by atoms with Crippen molar-refractivity contribution in [2.24, 2.45) is 5.73 Å². The van der Waals surface area contributed by atoms with E-state index in [1.807, 2.05) is 20.8 Å². The van der Waals surface area contributed by atoms with E-state index in [2.05, 4.69) is 10.6 Å². The van der Waals surface area contributed by atoms with Gasteiger partial charge in [-0.3, -0.25) is 14.4 Å². The monoisotopic (exact) mass is 337 g/mol. The Kier molecular flexibility index (Phi) is 6.58. The minimum atomic E-state index is -0.622. The van der Waals surface area contributed by atoms with E-state index in [0.29, 0.717) is 11.3 Å². The van der Waals surface area contributed by atoms with Crippen LogP contribution in [0.5, 0.6) is 11.5 Å². The first kappa shape index (κ1) is 19.3. The molecule has 24 heavy (non-hydrogen) atoms. The summed E-state index contributed by atoms with van der Waals surface area (Å²) in [7, 11) is 1.41. The summed E-state index contributed by atoms with van der Waals surface area (Å²) >= 11 is 0. The van der Waals surface area contributed by atoms with Gasteiger partial charge in [0.1, 0.15) is 0 Å². The second-order valence-corrected chi connectivity index (χ2v) is 6.10. The van der Waals surface area contributed by atoms with Gasteiger partial charge in [-0.15, -0.1) is 0 Å². The minimum absolute atomic E-state index is 0.141. The van der Waals surface area contributed by atoms with Gasteiger partial charge in [0.05, 0.1) is 13.7 Å². The molecule has 0 aromatic heterocycles. The van der Waals surface area contributed by atoms with Gasteiger partial charge in [-0.25, -0.2) is 0 Å². The predicted octanol–water partition coefficient (Wildman–Crippen LogP) is 0.204. The van der Waals surface area contributed by atoms with E-state index in [4.69, 9.17) is 15.2 Å². The van der Waals surface area contributed by atoms with Gasteiger partial charge in [0.2, 0.25) is 5.91 Å². The summed E-state index contributed by atoms with van der Waals surface area (Å²) in [6.45, 7) is 5.11. The van der Waals surface area contributed by atoms with Crippen LogP contribution >= 0.6 is 0 Å². The maximum absolute atomic E-state index is 12.1. The third kappa shape index (κ3) is 6.55. The molecule has 0 atom stereocenters. The van der Waals surface area contributed by atoms with Gasteiger partial charge in [-0.05, 0) is 39.0 Å². The van der Waals surface area contributed by atoms with Crippen LogP contribution in [-0.2, 0) is 9.59 Å².